The Morgan fingerprint density at radius 2 is 1.95 bits per heavy atom. The number of alkyl halides is 3. The summed E-state index contributed by atoms with van der Waals surface area (Å²) < 4.78 is 33.3. The average Bonchev–Trinajstić information content (AvgIpc) is 3.41. The molecule has 3 N–H and O–H groups in total. The van der Waals surface area contributed by atoms with Crippen molar-refractivity contribution in [3.05, 3.63) is 35.5 Å². The number of piperazine rings is 1. The van der Waals surface area contributed by atoms with E-state index >= 15 is 0 Å². The number of nitrogens with zero attached hydrogens (tertiary/aromatic N) is 7. The Morgan fingerprint density at radius 3 is 2.62 bits per heavy atom. The fraction of sp³-hybridized carbons (Fsp3) is 0.455. The predicted molar refractivity (Wildman–Crippen MR) is 128 cm³/mol. The van der Waals surface area contributed by atoms with E-state index in [0.29, 0.717) is 35.6 Å². The van der Waals surface area contributed by atoms with E-state index in [1.165, 1.54) is 5.69 Å². The lowest BCUT2D eigenvalue weighted by molar-refractivity contribution is -0.192. The van der Waals surface area contributed by atoms with Gasteiger partial charge in [-0.15, -0.1) is 0 Å². The second-order valence-corrected chi connectivity index (χ2v) is 8.71. The highest BCUT2D eigenvalue weighted by Crippen LogP contribution is 2.34. The number of aromatic nitrogens is 5. The number of carboxylic acid groups (broad SMARTS) is 1. The van der Waals surface area contributed by atoms with Crippen molar-refractivity contribution in [2.75, 3.05) is 41.3 Å². The summed E-state index contributed by atoms with van der Waals surface area (Å²) in [7, 11) is 0. The number of aliphatic carboxylic acids is 1. The Morgan fingerprint density at radius 1 is 1.22 bits per heavy atom. The molecular formula is C22H26F3N9O3. The number of fused-ring (bicyclic) bond motifs is 2. The number of carbonyl (C=O) groups excluding carboxylic acids is 1. The van der Waals surface area contributed by atoms with E-state index in [0.717, 1.165) is 37.4 Å². The molecule has 3 aromatic heterocycles. The van der Waals surface area contributed by atoms with Gasteiger partial charge in [-0.05, 0) is 33.3 Å². The SMILES string of the molecule is Cc1nc2nc(C)c(NC(=O)N3CCc4c(N5CCN[C@@H](C)C5)ccnc43)cn2n1.O=C(O)C(F)(F)F. The molecule has 5 rings (SSSR count). The van der Waals surface area contributed by atoms with Crippen LogP contribution >= 0.6 is 0 Å². The van der Waals surface area contributed by atoms with Crippen LogP contribution in [-0.2, 0) is 11.2 Å². The van der Waals surface area contributed by atoms with Gasteiger partial charge >= 0.3 is 18.2 Å². The van der Waals surface area contributed by atoms with Crippen LogP contribution in [0, 0.1) is 13.8 Å². The van der Waals surface area contributed by atoms with Crippen molar-refractivity contribution < 1.29 is 27.9 Å². The summed E-state index contributed by atoms with van der Waals surface area (Å²) in [5, 5.41) is 17.9. The molecule has 2 aliphatic heterocycles. The van der Waals surface area contributed by atoms with Crippen molar-refractivity contribution in [2.24, 2.45) is 0 Å². The molecule has 0 spiro atoms. The van der Waals surface area contributed by atoms with Crippen molar-refractivity contribution in [2.45, 2.75) is 39.4 Å². The molecule has 198 valence electrons. The highest BCUT2D eigenvalue weighted by Gasteiger charge is 2.38. The maximum Gasteiger partial charge on any atom is 0.490 e. The number of hydrogen-bond donors (Lipinski definition) is 3. The molecule has 2 amide bonds. The molecule has 0 radical (unpaired) electrons. The van der Waals surface area contributed by atoms with Crippen LogP contribution in [0.2, 0.25) is 0 Å². The standard InChI is InChI=1S/C20H25N9O.C2HF3O2/c1-12-10-27(9-7-21-12)17-4-6-22-18-15(17)5-8-28(18)20(30)25-16-11-29-19(23-13(16)2)24-14(3)26-29;3-2(4,5)1(6)7/h4,6,11-12,21H,5,7-10H2,1-3H3,(H,25,30);(H,6,7)/t12-;/m0./s1. The number of nitrogens with one attached hydrogen (secondary N) is 2. The molecular weight excluding hydrogens is 495 g/mol. The smallest absolute Gasteiger partial charge is 0.475 e. The van der Waals surface area contributed by atoms with E-state index < -0.39 is 12.1 Å². The van der Waals surface area contributed by atoms with Crippen molar-refractivity contribution >= 4 is 35.0 Å². The van der Waals surface area contributed by atoms with Crippen LogP contribution < -0.4 is 20.4 Å². The summed E-state index contributed by atoms with van der Waals surface area (Å²) in [5.74, 6) is -0.865. The lowest BCUT2D eigenvalue weighted by Gasteiger charge is -2.34. The third-order valence-corrected chi connectivity index (χ3v) is 5.92. The van der Waals surface area contributed by atoms with Crippen LogP contribution in [0.3, 0.4) is 0 Å². The minimum Gasteiger partial charge on any atom is -0.475 e. The van der Waals surface area contributed by atoms with Gasteiger partial charge in [0.1, 0.15) is 11.6 Å². The van der Waals surface area contributed by atoms with Crippen LogP contribution in [0.5, 0.6) is 0 Å². The van der Waals surface area contributed by atoms with E-state index in [4.69, 9.17) is 9.90 Å². The van der Waals surface area contributed by atoms with Crippen LogP contribution in [0.1, 0.15) is 24.0 Å². The van der Waals surface area contributed by atoms with Crippen LogP contribution in [0.25, 0.3) is 5.78 Å². The van der Waals surface area contributed by atoms with Gasteiger partial charge in [0.25, 0.3) is 5.78 Å². The monoisotopic (exact) mass is 521 g/mol. The lowest BCUT2D eigenvalue weighted by Crippen LogP contribution is -2.49. The first-order valence-corrected chi connectivity index (χ1v) is 11.5. The largest absolute Gasteiger partial charge is 0.490 e. The molecule has 37 heavy (non-hydrogen) atoms. The summed E-state index contributed by atoms with van der Waals surface area (Å²) in [6.45, 7) is 9.31. The molecule has 1 atom stereocenters. The van der Waals surface area contributed by atoms with Gasteiger partial charge in [0.2, 0.25) is 0 Å². The first-order valence-electron chi connectivity index (χ1n) is 11.5. The van der Waals surface area contributed by atoms with Crippen LogP contribution in [0.4, 0.5) is 35.2 Å². The second kappa shape index (κ2) is 10.2. The number of hydrogen-bond acceptors (Lipinski definition) is 8. The van der Waals surface area contributed by atoms with E-state index in [-0.39, 0.29) is 6.03 Å². The normalized spacial score (nSPS) is 17.3. The van der Waals surface area contributed by atoms with Crippen molar-refractivity contribution in [1.29, 1.82) is 0 Å². The first-order chi connectivity index (χ1) is 17.4. The number of aryl methyl sites for hydroxylation is 2. The van der Waals surface area contributed by atoms with Gasteiger partial charge < -0.3 is 20.6 Å². The van der Waals surface area contributed by atoms with Gasteiger partial charge in [-0.25, -0.2) is 24.1 Å². The minimum atomic E-state index is -5.08. The molecule has 0 aromatic carbocycles. The molecule has 0 bridgehead atoms. The lowest BCUT2D eigenvalue weighted by atomic mass is 10.1. The highest BCUT2D eigenvalue weighted by molar-refractivity contribution is 6.03. The number of rotatable bonds is 2. The van der Waals surface area contributed by atoms with E-state index in [9.17, 15) is 18.0 Å². The molecule has 2 aliphatic rings. The van der Waals surface area contributed by atoms with Crippen LogP contribution in [0.15, 0.2) is 18.5 Å². The maximum absolute atomic E-state index is 13.1. The van der Waals surface area contributed by atoms with E-state index in [1.54, 1.807) is 21.8 Å². The summed E-state index contributed by atoms with van der Waals surface area (Å²) in [6, 6.07) is 2.29. The van der Waals surface area contributed by atoms with Gasteiger partial charge in [0.05, 0.1) is 17.6 Å². The van der Waals surface area contributed by atoms with Gasteiger partial charge in [-0.3, -0.25) is 4.90 Å². The molecule has 1 saturated heterocycles. The average molecular weight is 522 g/mol. The molecule has 0 aliphatic carbocycles. The minimum absolute atomic E-state index is 0.215. The maximum atomic E-state index is 13.1. The zero-order valence-corrected chi connectivity index (χ0v) is 20.4. The second-order valence-electron chi connectivity index (χ2n) is 8.71. The molecule has 15 heteroatoms. The van der Waals surface area contributed by atoms with Gasteiger partial charge in [-0.2, -0.15) is 23.3 Å². The Kier molecular flexibility index (Phi) is 7.16. The number of carboxylic acids is 1. The first kappa shape index (κ1) is 26.1. The zero-order chi connectivity index (χ0) is 26.9. The number of pyridine rings is 1. The van der Waals surface area contributed by atoms with Crippen molar-refractivity contribution in [3.63, 3.8) is 0 Å². The molecule has 0 saturated carbocycles. The van der Waals surface area contributed by atoms with Crippen LogP contribution in [-0.4, -0.2) is 80.1 Å². The summed E-state index contributed by atoms with van der Waals surface area (Å²) in [5.41, 5.74) is 3.62. The van der Waals surface area contributed by atoms with Gasteiger partial charge in [0, 0.05) is 49.7 Å². The molecule has 1 fully saturated rings. The Bertz CT molecular complexity index is 1330. The molecule has 12 nitrogen and oxygen atoms in total. The predicted octanol–water partition coefficient (Wildman–Crippen LogP) is 2.16. The molecule has 3 aromatic rings. The topological polar surface area (TPSA) is 141 Å². The fourth-order valence-electron chi connectivity index (χ4n) is 4.23. The van der Waals surface area contributed by atoms with Gasteiger partial charge in [-0.1, -0.05) is 0 Å². The summed E-state index contributed by atoms with van der Waals surface area (Å²) in [6.07, 6.45) is -0.745. The fourth-order valence-corrected chi connectivity index (χ4v) is 4.23. The number of urea groups is 1. The number of anilines is 3. The van der Waals surface area contributed by atoms with Crippen molar-refractivity contribution in [1.82, 2.24) is 29.9 Å². The third kappa shape index (κ3) is 5.71. The van der Waals surface area contributed by atoms with Crippen molar-refractivity contribution in [3.8, 4) is 0 Å². The highest BCUT2D eigenvalue weighted by atomic mass is 19.4. The molecule has 5 heterocycles. The quantitative estimate of drug-likeness (QED) is 0.463. The number of carbonyl (C=O) groups is 2. The van der Waals surface area contributed by atoms with E-state index in [1.807, 2.05) is 13.8 Å². The summed E-state index contributed by atoms with van der Waals surface area (Å²) >= 11 is 0. The summed E-state index contributed by atoms with van der Waals surface area (Å²) in [4.78, 5) is 39.3. The van der Waals surface area contributed by atoms with Gasteiger partial charge in [0.15, 0.2) is 0 Å². The van der Waals surface area contributed by atoms with E-state index in [2.05, 4.69) is 48.6 Å². The Labute approximate surface area is 209 Å². The third-order valence-electron chi connectivity index (χ3n) is 5.92. The number of amides is 2. The zero-order valence-electron chi connectivity index (χ0n) is 20.4. The molecule has 0 unspecified atom stereocenters. The Balaban J connectivity index is 0.000000405. The number of halogens is 3. The Hall–Kier alpha value is -4.01.